The molecule has 2 rings (SSSR count). The Hall–Kier alpha value is -0.940. The average molecular weight is 225 g/mol. The summed E-state index contributed by atoms with van der Waals surface area (Å²) in [5.74, 6) is 1.87. The Morgan fingerprint density at radius 2 is 2.19 bits per heavy atom. The predicted molar refractivity (Wildman–Crippen MR) is 58.6 cm³/mol. The summed E-state index contributed by atoms with van der Waals surface area (Å²) >= 11 is 0. The zero-order valence-corrected chi connectivity index (χ0v) is 9.43. The molecule has 1 atom stereocenters. The fourth-order valence-corrected chi connectivity index (χ4v) is 2.23. The van der Waals surface area contributed by atoms with Gasteiger partial charge in [0.05, 0.1) is 12.6 Å². The second-order valence-electron chi connectivity index (χ2n) is 4.52. The van der Waals surface area contributed by atoms with Crippen molar-refractivity contribution in [3.05, 3.63) is 11.7 Å². The third-order valence-electron chi connectivity index (χ3n) is 3.25. The molecule has 0 aliphatic heterocycles. The standard InChI is InChI=1S/C11H19N3O2/c12-9(7-15)11-13-10(16-14-11)6-5-8-3-1-2-4-8/h8-9,15H,1-7,12H2. The van der Waals surface area contributed by atoms with Crippen LogP contribution >= 0.6 is 0 Å². The van der Waals surface area contributed by atoms with Crippen molar-refractivity contribution < 1.29 is 9.63 Å². The highest BCUT2D eigenvalue weighted by Crippen LogP contribution is 2.28. The molecule has 1 aliphatic rings. The van der Waals surface area contributed by atoms with Crippen LogP contribution < -0.4 is 5.73 Å². The van der Waals surface area contributed by atoms with Gasteiger partial charge in [-0.1, -0.05) is 30.8 Å². The van der Waals surface area contributed by atoms with E-state index >= 15 is 0 Å². The summed E-state index contributed by atoms with van der Waals surface area (Å²) in [4.78, 5) is 4.18. The fourth-order valence-electron chi connectivity index (χ4n) is 2.23. The van der Waals surface area contributed by atoms with Crippen LogP contribution in [0.25, 0.3) is 0 Å². The van der Waals surface area contributed by atoms with Gasteiger partial charge >= 0.3 is 0 Å². The first kappa shape index (κ1) is 11.5. The number of aliphatic hydroxyl groups excluding tert-OH is 1. The van der Waals surface area contributed by atoms with Crippen molar-refractivity contribution in [2.45, 2.75) is 44.6 Å². The third-order valence-corrected chi connectivity index (χ3v) is 3.25. The van der Waals surface area contributed by atoms with Gasteiger partial charge in [-0.3, -0.25) is 0 Å². The number of nitrogens with zero attached hydrogens (tertiary/aromatic N) is 2. The molecule has 90 valence electrons. The van der Waals surface area contributed by atoms with Gasteiger partial charge in [-0.2, -0.15) is 4.98 Å². The first-order valence-corrected chi connectivity index (χ1v) is 5.98. The van der Waals surface area contributed by atoms with Crippen molar-refractivity contribution in [1.82, 2.24) is 10.1 Å². The maximum atomic E-state index is 8.85. The molecule has 0 radical (unpaired) electrons. The van der Waals surface area contributed by atoms with E-state index in [2.05, 4.69) is 10.1 Å². The molecule has 5 nitrogen and oxygen atoms in total. The molecule has 1 fully saturated rings. The molecule has 16 heavy (non-hydrogen) atoms. The van der Waals surface area contributed by atoms with Crippen molar-refractivity contribution in [3.63, 3.8) is 0 Å². The van der Waals surface area contributed by atoms with Crippen LogP contribution in [-0.4, -0.2) is 21.9 Å². The quantitative estimate of drug-likeness (QED) is 0.786. The highest BCUT2D eigenvalue weighted by Gasteiger charge is 2.17. The van der Waals surface area contributed by atoms with Crippen molar-refractivity contribution in [3.8, 4) is 0 Å². The first-order chi connectivity index (χ1) is 7.79. The number of hydrogen-bond acceptors (Lipinski definition) is 5. The number of aliphatic hydroxyl groups is 1. The topological polar surface area (TPSA) is 85.2 Å². The van der Waals surface area contributed by atoms with Gasteiger partial charge in [0.1, 0.15) is 0 Å². The van der Waals surface area contributed by atoms with E-state index in [1.807, 2.05) is 0 Å². The van der Waals surface area contributed by atoms with Crippen molar-refractivity contribution in [1.29, 1.82) is 0 Å². The van der Waals surface area contributed by atoms with E-state index < -0.39 is 6.04 Å². The Labute approximate surface area is 95.0 Å². The molecule has 0 spiro atoms. The number of rotatable bonds is 5. The smallest absolute Gasteiger partial charge is 0.226 e. The van der Waals surface area contributed by atoms with Crippen molar-refractivity contribution in [2.24, 2.45) is 11.7 Å². The third kappa shape index (κ3) is 2.80. The normalized spacial score (nSPS) is 19.1. The predicted octanol–water partition coefficient (Wildman–Crippen LogP) is 1.18. The summed E-state index contributed by atoms with van der Waals surface area (Å²) in [6.07, 6.45) is 7.32. The molecule has 5 heteroatoms. The minimum atomic E-state index is -0.524. The maximum Gasteiger partial charge on any atom is 0.226 e. The molecule has 1 saturated carbocycles. The average Bonchev–Trinajstić information content (AvgIpc) is 2.96. The van der Waals surface area contributed by atoms with E-state index in [1.165, 1.54) is 25.7 Å². The van der Waals surface area contributed by atoms with Crippen molar-refractivity contribution >= 4 is 0 Å². The van der Waals surface area contributed by atoms with Crippen LogP contribution in [0, 0.1) is 5.92 Å². The van der Waals surface area contributed by atoms with Gasteiger partial charge in [0.2, 0.25) is 5.89 Å². The summed E-state index contributed by atoms with van der Waals surface area (Å²) in [6.45, 7) is -0.151. The van der Waals surface area contributed by atoms with E-state index in [9.17, 15) is 0 Å². The van der Waals surface area contributed by atoms with Gasteiger partial charge in [0.25, 0.3) is 0 Å². The summed E-state index contributed by atoms with van der Waals surface area (Å²) in [6, 6.07) is -0.524. The molecule has 1 heterocycles. The van der Waals surface area contributed by atoms with Gasteiger partial charge in [-0.25, -0.2) is 0 Å². The molecule has 3 N–H and O–H groups in total. The Balaban J connectivity index is 1.82. The number of aromatic nitrogens is 2. The van der Waals surface area contributed by atoms with Gasteiger partial charge in [0.15, 0.2) is 5.82 Å². The van der Waals surface area contributed by atoms with E-state index in [0.29, 0.717) is 11.7 Å². The van der Waals surface area contributed by atoms with Gasteiger partial charge in [-0.15, -0.1) is 0 Å². The van der Waals surface area contributed by atoms with Gasteiger partial charge < -0.3 is 15.4 Å². The largest absolute Gasteiger partial charge is 0.394 e. The van der Waals surface area contributed by atoms with E-state index in [0.717, 1.165) is 18.8 Å². The number of hydrogen-bond donors (Lipinski definition) is 2. The highest BCUT2D eigenvalue weighted by molar-refractivity contribution is 4.93. The van der Waals surface area contributed by atoms with Crippen LogP contribution in [0.2, 0.25) is 0 Å². The highest BCUT2D eigenvalue weighted by atomic mass is 16.5. The molecular formula is C11H19N3O2. The monoisotopic (exact) mass is 225 g/mol. The van der Waals surface area contributed by atoms with Crippen molar-refractivity contribution in [2.75, 3.05) is 6.61 Å². The van der Waals surface area contributed by atoms with Crippen LogP contribution in [0.1, 0.15) is 49.9 Å². The number of nitrogens with two attached hydrogens (primary N) is 1. The Bertz CT molecular complexity index is 321. The molecular weight excluding hydrogens is 206 g/mol. The minimum Gasteiger partial charge on any atom is -0.394 e. The lowest BCUT2D eigenvalue weighted by atomic mass is 10.0. The van der Waals surface area contributed by atoms with Crippen LogP contribution in [0.5, 0.6) is 0 Å². The Morgan fingerprint density at radius 1 is 1.44 bits per heavy atom. The summed E-state index contributed by atoms with van der Waals surface area (Å²) in [5.41, 5.74) is 5.59. The SMILES string of the molecule is NC(CO)c1noc(CCC2CCCC2)n1. The van der Waals surface area contributed by atoms with Gasteiger partial charge in [-0.05, 0) is 12.3 Å². The van der Waals surface area contributed by atoms with E-state index in [4.69, 9.17) is 15.4 Å². The second-order valence-corrected chi connectivity index (χ2v) is 4.52. The summed E-state index contributed by atoms with van der Waals surface area (Å²) < 4.78 is 5.10. The molecule has 1 aromatic rings. The maximum absolute atomic E-state index is 8.85. The number of aryl methyl sites for hydroxylation is 1. The zero-order valence-electron chi connectivity index (χ0n) is 9.43. The molecule has 0 aromatic carbocycles. The lowest BCUT2D eigenvalue weighted by Gasteiger charge is -2.04. The van der Waals surface area contributed by atoms with Crippen LogP contribution in [0.4, 0.5) is 0 Å². The molecule has 1 unspecified atom stereocenters. The molecule has 0 bridgehead atoms. The molecule has 0 amide bonds. The van der Waals surface area contributed by atoms with Gasteiger partial charge in [0, 0.05) is 6.42 Å². The Morgan fingerprint density at radius 3 is 2.88 bits per heavy atom. The second kappa shape index (κ2) is 5.41. The Kier molecular flexibility index (Phi) is 3.90. The van der Waals surface area contributed by atoms with Crippen LogP contribution in [0.15, 0.2) is 4.52 Å². The van der Waals surface area contributed by atoms with E-state index in [1.54, 1.807) is 0 Å². The van der Waals surface area contributed by atoms with Crippen LogP contribution in [0.3, 0.4) is 0 Å². The molecule has 1 aromatic heterocycles. The summed E-state index contributed by atoms with van der Waals surface area (Å²) in [5, 5.41) is 12.6. The lowest BCUT2D eigenvalue weighted by Crippen LogP contribution is -2.16. The fraction of sp³-hybridized carbons (Fsp3) is 0.818. The summed E-state index contributed by atoms with van der Waals surface area (Å²) in [7, 11) is 0. The zero-order chi connectivity index (χ0) is 11.4. The molecule has 0 saturated heterocycles. The molecule has 1 aliphatic carbocycles. The lowest BCUT2D eigenvalue weighted by molar-refractivity contribution is 0.259. The van der Waals surface area contributed by atoms with E-state index in [-0.39, 0.29) is 6.61 Å². The first-order valence-electron chi connectivity index (χ1n) is 5.98. The minimum absolute atomic E-state index is 0.151. The van der Waals surface area contributed by atoms with Crippen LogP contribution in [-0.2, 0) is 6.42 Å².